The Kier molecular flexibility index (Phi) is 5.58. The molecule has 1 aromatic heterocycles. The number of hydrogen-bond acceptors (Lipinski definition) is 3. The average molecular weight is 370 g/mol. The molecule has 0 unspecified atom stereocenters. The maximum Gasteiger partial charge on any atom is 0.251 e. The van der Waals surface area contributed by atoms with Crippen LogP contribution in [0.2, 0.25) is 5.02 Å². The van der Waals surface area contributed by atoms with E-state index in [9.17, 15) is 4.79 Å². The molecule has 3 rings (SSSR count). The van der Waals surface area contributed by atoms with Gasteiger partial charge in [-0.1, -0.05) is 29.8 Å². The van der Waals surface area contributed by atoms with Crippen molar-refractivity contribution in [2.45, 2.75) is 20.1 Å². The number of nitrogens with zero attached hydrogens (tertiary/aromatic N) is 2. The van der Waals surface area contributed by atoms with Gasteiger partial charge in [0.25, 0.3) is 5.91 Å². The second-order valence-electron chi connectivity index (χ2n) is 6.05. The Morgan fingerprint density at radius 2 is 2.08 bits per heavy atom. The van der Waals surface area contributed by atoms with Crippen molar-refractivity contribution in [3.05, 3.63) is 82.1 Å². The van der Waals surface area contributed by atoms with Crippen LogP contribution in [0.4, 0.5) is 0 Å². The van der Waals surface area contributed by atoms with Crippen molar-refractivity contribution >= 4 is 17.5 Å². The van der Waals surface area contributed by atoms with Crippen molar-refractivity contribution in [2.24, 2.45) is 7.05 Å². The zero-order valence-corrected chi connectivity index (χ0v) is 15.5. The standard InChI is InChI=1S/C20H20ClN3O2/c1-14-6-7-18(21)19(10-14)26-13-15-4-3-5-16(11-15)20(25)22-12-17-8-9-23-24(17)2/h3-11H,12-13H2,1-2H3,(H,22,25). The first-order valence-electron chi connectivity index (χ1n) is 8.26. The fourth-order valence-corrected chi connectivity index (χ4v) is 2.70. The zero-order valence-electron chi connectivity index (χ0n) is 14.7. The quantitative estimate of drug-likeness (QED) is 0.717. The summed E-state index contributed by atoms with van der Waals surface area (Å²) in [5.74, 6) is 0.499. The van der Waals surface area contributed by atoms with Gasteiger partial charge >= 0.3 is 0 Å². The predicted octanol–water partition coefficient (Wildman–Crippen LogP) is 3.89. The number of ether oxygens (including phenoxy) is 1. The third kappa shape index (κ3) is 4.43. The lowest BCUT2D eigenvalue weighted by atomic mass is 10.1. The normalized spacial score (nSPS) is 10.6. The minimum absolute atomic E-state index is 0.137. The van der Waals surface area contributed by atoms with E-state index in [4.69, 9.17) is 16.3 Å². The molecule has 1 heterocycles. The van der Waals surface area contributed by atoms with Crippen LogP contribution in [0.1, 0.15) is 27.2 Å². The van der Waals surface area contributed by atoms with E-state index in [1.807, 2.05) is 56.4 Å². The molecule has 26 heavy (non-hydrogen) atoms. The van der Waals surface area contributed by atoms with Crippen LogP contribution in [0.5, 0.6) is 5.75 Å². The lowest BCUT2D eigenvalue weighted by Crippen LogP contribution is -2.24. The van der Waals surface area contributed by atoms with E-state index in [1.54, 1.807) is 16.9 Å². The molecule has 0 aliphatic rings. The molecule has 0 saturated carbocycles. The molecule has 5 nitrogen and oxygen atoms in total. The van der Waals surface area contributed by atoms with E-state index in [2.05, 4.69) is 10.4 Å². The Morgan fingerprint density at radius 3 is 2.85 bits per heavy atom. The van der Waals surface area contributed by atoms with Crippen LogP contribution < -0.4 is 10.1 Å². The number of carbonyl (C=O) groups is 1. The highest BCUT2D eigenvalue weighted by atomic mass is 35.5. The van der Waals surface area contributed by atoms with Gasteiger partial charge in [-0.15, -0.1) is 0 Å². The molecule has 1 N–H and O–H groups in total. The maximum atomic E-state index is 12.4. The maximum absolute atomic E-state index is 12.4. The second kappa shape index (κ2) is 8.06. The molecule has 2 aromatic carbocycles. The molecule has 0 aliphatic heterocycles. The van der Waals surface area contributed by atoms with Crippen LogP contribution in [0.25, 0.3) is 0 Å². The number of rotatable bonds is 6. The predicted molar refractivity (Wildman–Crippen MR) is 101 cm³/mol. The van der Waals surface area contributed by atoms with Crippen molar-refractivity contribution < 1.29 is 9.53 Å². The lowest BCUT2D eigenvalue weighted by molar-refractivity contribution is 0.0950. The zero-order chi connectivity index (χ0) is 18.5. The van der Waals surface area contributed by atoms with Gasteiger partial charge in [0.15, 0.2) is 0 Å². The molecule has 0 bridgehead atoms. The smallest absolute Gasteiger partial charge is 0.251 e. The molecule has 1 amide bonds. The van der Waals surface area contributed by atoms with Crippen LogP contribution in [0.15, 0.2) is 54.7 Å². The van der Waals surface area contributed by atoms with Gasteiger partial charge in [0.1, 0.15) is 12.4 Å². The van der Waals surface area contributed by atoms with E-state index in [1.165, 1.54) is 0 Å². The van der Waals surface area contributed by atoms with Crippen LogP contribution in [0, 0.1) is 6.92 Å². The number of aryl methyl sites for hydroxylation is 2. The molecule has 0 fully saturated rings. The molecular weight excluding hydrogens is 350 g/mol. The topological polar surface area (TPSA) is 56.1 Å². The van der Waals surface area contributed by atoms with Crippen molar-refractivity contribution in [2.75, 3.05) is 0 Å². The lowest BCUT2D eigenvalue weighted by Gasteiger charge is -2.10. The number of carbonyl (C=O) groups excluding carboxylic acids is 1. The number of benzene rings is 2. The second-order valence-corrected chi connectivity index (χ2v) is 6.46. The first-order valence-corrected chi connectivity index (χ1v) is 8.63. The first kappa shape index (κ1) is 18.0. The SMILES string of the molecule is Cc1ccc(Cl)c(OCc2cccc(C(=O)NCc3ccnn3C)c2)c1. The highest BCUT2D eigenvalue weighted by Gasteiger charge is 2.08. The van der Waals surface area contributed by atoms with E-state index >= 15 is 0 Å². The van der Waals surface area contributed by atoms with Gasteiger partial charge in [0, 0.05) is 18.8 Å². The summed E-state index contributed by atoms with van der Waals surface area (Å²) in [4.78, 5) is 12.4. The van der Waals surface area contributed by atoms with E-state index in [-0.39, 0.29) is 5.91 Å². The Balaban J connectivity index is 1.63. The van der Waals surface area contributed by atoms with E-state index in [0.29, 0.717) is 29.5 Å². The Morgan fingerprint density at radius 1 is 1.23 bits per heavy atom. The summed E-state index contributed by atoms with van der Waals surface area (Å²) in [6, 6.07) is 14.9. The molecule has 0 aliphatic carbocycles. The van der Waals surface area contributed by atoms with Gasteiger partial charge in [0.05, 0.1) is 17.3 Å². The number of nitrogens with one attached hydrogen (secondary N) is 1. The van der Waals surface area contributed by atoms with Crippen LogP contribution in [-0.4, -0.2) is 15.7 Å². The largest absolute Gasteiger partial charge is 0.487 e. The molecule has 0 radical (unpaired) electrons. The number of halogens is 1. The molecule has 0 atom stereocenters. The van der Waals surface area contributed by atoms with Crippen molar-refractivity contribution in [1.82, 2.24) is 15.1 Å². The van der Waals surface area contributed by atoms with Crippen LogP contribution in [-0.2, 0) is 20.2 Å². The summed E-state index contributed by atoms with van der Waals surface area (Å²) in [5, 5.41) is 7.55. The molecule has 134 valence electrons. The van der Waals surface area contributed by atoms with Gasteiger partial charge < -0.3 is 10.1 Å². The monoisotopic (exact) mass is 369 g/mol. The molecule has 3 aromatic rings. The summed E-state index contributed by atoms with van der Waals surface area (Å²) >= 11 is 6.15. The number of amides is 1. The third-order valence-corrected chi connectivity index (χ3v) is 4.33. The molecule has 0 saturated heterocycles. The van der Waals surface area contributed by atoms with Crippen molar-refractivity contribution in [3.8, 4) is 5.75 Å². The first-order chi connectivity index (χ1) is 12.5. The summed E-state index contributed by atoms with van der Waals surface area (Å²) < 4.78 is 7.53. The van der Waals surface area contributed by atoms with Crippen molar-refractivity contribution in [3.63, 3.8) is 0 Å². The summed E-state index contributed by atoms with van der Waals surface area (Å²) in [6.45, 7) is 2.75. The number of aromatic nitrogens is 2. The molecule has 6 heteroatoms. The van der Waals surface area contributed by atoms with Crippen molar-refractivity contribution in [1.29, 1.82) is 0 Å². The van der Waals surface area contributed by atoms with Gasteiger partial charge in [-0.3, -0.25) is 9.48 Å². The minimum atomic E-state index is -0.137. The fraction of sp³-hybridized carbons (Fsp3) is 0.200. The Hall–Kier alpha value is -2.79. The fourth-order valence-electron chi connectivity index (χ4n) is 2.53. The Bertz CT molecular complexity index is 921. The van der Waals surface area contributed by atoms with Gasteiger partial charge in [0.2, 0.25) is 0 Å². The highest BCUT2D eigenvalue weighted by molar-refractivity contribution is 6.32. The third-order valence-electron chi connectivity index (χ3n) is 4.02. The van der Waals surface area contributed by atoms with Gasteiger partial charge in [-0.2, -0.15) is 5.10 Å². The van der Waals surface area contributed by atoms with E-state index in [0.717, 1.165) is 16.8 Å². The molecule has 0 spiro atoms. The van der Waals surface area contributed by atoms with Crippen LogP contribution in [0.3, 0.4) is 0 Å². The van der Waals surface area contributed by atoms with Crippen LogP contribution >= 0.6 is 11.6 Å². The van der Waals surface area contributed by atoms with Gasteiger partial charge in [-0.05, 0) is 48.4 Å². The highest BCUT2D eigenvalue weighted by Crippen LogP contribution is 2.26. The molecular formula is C20H20ClN3O2. The Labute approximate surface area is 157 Å². The summed E-state index contributed by atoms with van der Waals surface area (Å²) in [6.07, 6.45) is 1.70. The van der Waals surface area contributed by atoms with Gasteiger partial charge in [-0.25, -0.2) is 0 Å². The minimum Gasteiger partial charge on any atom is -0.487 e. The van der Waals surface area contributed by atoms with E-state index < -0.39 is 0 Å². The average Bonchev–Trinajstić information content (AvgIpc) is 3.05. The summed E-state index contributed by atoms with van der Waals surface area (Å²) in [5.41, 5.74) is 3.50. The summed E-state index contributed by atoms with van der Waals surface area (Å²) in [7, 11) is 1.84. The number of hydrogen-bond donors (Lipinski definition) is 1.